The van der Waals surface area contributed by atoms with Crippen LogP contribution in [0.1, 0.15) is 0 Å². The van der Waals surface area contributed by atoms with Gasteiger partial charge in [0.1, 0.15) is 5.75 Å². The zero-order valence-corrected chi connectivity index (χ0v) is 11.2. The predicted octanol–water partition coefficient (Wildman–Crippen LogP) is 4.34. The Morgan fingerprint density at radius 2 is 2.00 bits per heavy atom. The Kier molecular flexibility index (Phi) is 3.17. The highest BCUT2D eigenvalue weighted by Gasteiger charge is 2.04. The number of hydrogen-bond donors (Lipinski definition) is 0. The summed E-state index contributed by atoms with van der Waals surface area (Å²) < 4.78 is 9.61. The molecule has 0 fully saturated rings. The molecule has 4 heteroatoms. The van der Waals surface area contributed by atoms with Gasteiger partial charge in [0.2, 0.25) is 0 Å². The Labute approximate surface area is 105 Å². The van der Waals surface area contributed by atoms with Crippen LogP contribution < -0.4 is 4.74 Å². The molecule has 0 aliphatic carbocycles. The molecule has 0 radical (unpaired) electrons. The van der Waals surface area contributed by atoms with Crippen molar-refractivity contribution < 1.29 is 4.74 Å². The van der Waals surface area contributed by atoms with Crippen molar-refractivity contribution in [3.05, 3.63) is 45.5 Å². The summed E-state index contributed by atoms with van der Waals surface area (Å²) in [4.78, 5) is 0. The van der Waals surface area contributed by atoms with E-state index in [0.717, 1.165) is 20.6 Å². The van der Waals surface area contributed by atoms with E-state index in [-0.39, 0.29) is 0 Å². The molecule has 15 heavy (non-hydrogen) atoms. The van der Waals surface area contributed by atoms with Crippen molar-refractivity contribution in [3.8, 4) is 11.6 Å². The van der Waals surface area contributed by atoms with E-state index in [1.165, 1.54) is 0 Å². The van der Waals surface area contributed by atoms with Gasteiger partial charge in [-0.15, -0.1) is 0 Å². The number of aryl methyl sites for hydroxylation is 1. The third-order valence-electron chi connectivity index (χ3n) is 2.00. The average Bonchev–Trinajstić information content (AvgIpc) is 2.57. The normalized spacial score (nSPS) is 10.3. The maximum atomic E-state index is 5.73. The van der Waals surface area contributed by atoms with Crippen molar-refractivity contribution in [2.75, 3.05) is 0 Å². The maximum absolute atomic E-state index is 5.73. The van der Waals surface area contributed by atoms with Gasteiger partial charge in [-0.1, -0.05) is 15.9 Å². The van der Waals surface area contributed by atoms with E-state index in [9.17, 15) is 0 Å². The minimum atomic E-state index is 0.806. The molecular weight excluding hydrogens is 322 g/mol. The van der Waals surface area contributed by atoms with E-state index in [4.69, 9.17) is 4.74 Å². The summed E-state index contributed by atoms with van der Waals surface area (Å²) in [6.45, 7) is 0. The lowest BCUT2D eigenvalue weighted by atomic mass is 10.3. The van der Waals surface area contributed by atoms with Crippen LogP contribution >= 0.6 is 31.9 Å². The van der Waals surface area contributed by atoms with E-state index < -0.39 is 0 Å². The van der Waals surface area contributed by atoms with Crippen LogP contribution in [0, 0.1) is 0 Å². The highest BCUT2D eigenvalue weighted by molar-refractivity contribution is 9.11. The molecule has 1 heterocycles. The van der Waals surface area contributed by atoms with Crippen molar-refractivity contribution in [1.82, 2.24) is 4.57 Å². The fraction of sp³-hybridized carbons (Fsp3) is 0.0909. The van der Waals surface area contributed by atoms with Crippen LogP contribution in [-0.4, -0.2) is 4.57 Å². The van der Waals surface area contributed by atoms with Crippen molar-refractivity contribution in [1.29, 1.82) is 0 Å². The van der Waals surface area contributed by atoms with Crippen molar-refractivity contribution in [2.24, 2.45) is 7.05 Å². The molecule has 0 saturated heterocycles. The first-order valence-corrected chi connectivity index (χ1v) is 5.99. The second-order valence-electron chi connectivity index (χ2n) is 3.13. The Balaban J connectivity index is 2.29. The van der Waals surface area contributed by atoms with Gasteiger partial charge < -0.3 is 9.30 Å². The Hall–Kier alpha value is -0.740. The van der Waals surface area contributed by atoms with Crippen LogP contribution in [0.25, 0.3) is 0 Å². The number of benzene rings is 1. The largest absolute Gasteiger partial charge is 0.440 e. The molecule has 0 aliphatic rings. The molecule has 0 amide bonds. The first-order chi connectivity index (χ1) is 7.16. The molecule has 0 aliphatic heterocycles. The predicted molar refractivity (Wildman–Crippen MR) is 67.3 cm³/mol. The lowest BCUT2D eigenvalue weighted by Crippen LogP contribution is -1.92. The molecule has 2 aromatic rings. The van der Waals surface area contributed by atoms with Crippen LogP contribution in [0.5, 0.6) is 11.6 Å². The second-order valence-corrected chi connectivity index (χ2v) is 4.90. The van der Waals surface area contributed by atoms with Gasteiger partial charge in [-0.25, -0.2) is 0 Å². The van der Waals surface area contributed by atoms with Crippen LogP contribution in [0.15, 0.2) is 45.5 Å². The average molecular weight is 331 g/mol. The first-order valence-electron chi connectivity index (χ1n) is 4.41. The third kappa shape index (κ3) is 2.44. The van der Waals surface area contributed by atoms with E-state index in [0.29, 0.717) is 0 Å². The summed E-state index contributed by atoms with van der Waals surface area (Å²) in [5, 5.41) is 0. The number of nitrogens with zero attached hydrogens (tertiary/aromatic N) is 1. The van der Waals surface area contributed by atoms with Crippen LogP contribution in [0.3, 0.4) is 0 Å². The van der Waals surface area contributed by atoms with Crippen molar-refractivity contribution >= 4 is 31.9 Å². The summed E-state index contributed by atoms with van der Waals surface area (Å²) in [7, 11) is 1.95. The zero-order valence-electron chi connectivity index (χ0n) is 8.08. The zero-order chi connectivity index (χ0) is 10.8. The minimum Gasteiger partial charge on any atom is -0.440 e. The molecule has 0 spiro atoms. The fourth-order valence-corrected chi connectivity index (χ4v) is 2.35. The molecule has 2 rings (SSSR count). The molecule has 0 bridgehead atoms. The van der Waals surface area contributed by atoms with Gasteiger partial charge in [0, 0.05) is 23.8 Å². The van der Waals surface area contributed by atoms with Gasteiger partial charge in [0.05, 0.1) is 4.47 Å². The molecule has 0 atom stereocenters. The van der Waals surface area contributed by atoms with Crippen LogP contribution in [0.4, 0.5) is 0 Å². The molecular formula is C11H9Br2NO. The Bertz CT molecular complexity index is 479. The lowest BCUT2D eigenvalue weighted by molar-refractivity contribution is 0.440. The van der Waals surface area contributed by atoms with Gasteiger partial charge in [0.15, 0.2) is 5.88 Å². The molecule has 0 saturated carbocycles. The number of halogens is 2. The number of aromatic nitrogens is 1. The summed E-state index contributed by atoms with van der Waals surface area (Å²) in [5.74, 6) is 1.62. The smallest absolute Gasteiger partial charge is 0.199 e. The first kappa shape index (κ1) is 10.8. The quantitative estimate of drug-likeness (QED) is 0.798. The van der Waals surface area contributed by atoms with Crippen molar-refractivity contribution in [2.45, 2.75) is 0 Å². The summed E-state index contributed by atoms with van der Waals surface area (Å²) in [6, 6.07) is 9.69. The highest BCUT2D eigenvalue weighted by Crippen LogP contribution is 2.31. The maximum Gasteiger partial charge on any atom is 0.199 e. The standard InChI is InChI=1S/C11H9Br2NO/c1-14-6-2-3-11(14)15-10-5-4-8(12)7-9(10)13/h2-7H,1H3. The van der Waals surface area contributed by atoms with E-state index in [1.54, 1.807) is 0 Å². The van der Waals surface area contributed by atoms with E-state index in [1.807, 2.05) is 48.1 Å². The van der Waals surface area contributed by atoms with Gasteiger partial charge in [-0.2, -0.15) is 0 Å². The highest BCUT2D eigenvalue weighted by atomic mass is 79.9. The SMILES string of the molecule is Cn1cccc1Oc1ccc(Br)cc1Br. The van der Waals surface area contributed by atoms with Gasteiger partial charge in [0.25, 0.3) is 0 Å². The van der Waals surface area contributed by atoms with E-state index >= 15 is 0 Å². The topological polar surface area (TPSA) is 14.2 Å². The van der Waals surface area contributed by atoms with Gasteiger partial charge in [-0.05, 0) is 40.2 Å². The Morgan fingerprint density at radius 1 is 1.20 bits per heavy atom. The van der Waals surface area contributed by atoms with Crippen LogP contribution in [-0.2, 0) is 7.05 Å². The van der Waals surface area contributed by atoms with Gasteiger partial charge >= 0.3 is 0 Å². The fourth-order valence-electron chi connectivity index (χ4n) is 1.22. The van der Waals surface area contributed by atoms with Crippen LogP contribution in [0.2, 0.25) is 0 Å². The lowest BCUT2D eigenvalue weighted by Gasteiger charge is -2.08. The third-order valence-corrected chi connectivity index (χ3v) is 3.12. The summed E-state index contributed by atoms with van der Waals surface area (Å²) in [5.41, 5.74) is 0. The second kappa shape index (κ2) is 4.41. The minimum absolute atomic E-state index is 0.806. The molecule has 0 N–H and O–H groups in total. The summed E-state index contributed by atoms with van der Waals surface area (Å²) >= 11 is 6.85. The molecule has 0 unspecified atom stereocenters. The number of hydrogen-bond acceptors (Lipinski definition) is 1. The van der Waals surface area contributed by atoms with Gasteiger partial charge in [-0.3, -0.25) is 0 Å². The molecule has 1 aromatic carbocycles. The monoisotopic (exact) mass is 329 g/mol. The molecule has 78 valence electrons. The number of rotatable bonds is 2. The van der Waals surface area contributed by atoms with E-state index in [2.05, 4.69) is 31.9 Å². The van der Waals surface area contributed by atoms with Crippen molar-refractivity contribution in [3.63, 3.8) is 0 Å². The summed E-state index contributed by atoms with van der Waals surface area (Å²) in [6.07, 6.45) is 1.95. The molecule has 2 nitrogen and oxygen atoms in total. The number of ether oxygens (including phenoxy) is 1. The molecule has 1 aromatic heterocycles. The Morgan fingerprint density at radius 3 is 2.60 bits per heavy atom.